The predicted octanol–water partition coefficient (Wildman–Crippen LogP) is 3.67. The van der Waals surface area contributed by atoms with E-state index < -0.39 is 0 Å². The molecule has 0 aliphatic carbocycles. The zero-order valence-electron chi connectivity index (χ0n) is 9.69. The molecule has 0 fully saturated rings. The summed E-state index contributed by atoms with van der Waals surface area (Å²) in [5.41, 5.74) is 1.27. The molecule has 1 aromatic rings. The van der Waals surface area contributed by atoms with Crippen LogP contribution in [0.2, 0.25) is 5.02 Å². The molecule has 0 N–H and O–H groups in total. The van der Waals surface area contributed by atoms with Crippen molar-refractivity contribution in [3.63, 3.8) is 0 Å². The molecule has 0 radical (unpaired) electrons. The molecule has 1 rings (SSSR count). The van der Waals surface area contributed by atoms with Gasteiger partial charge in [-0.2, -0.15) is 0 Å². The molecule has 0 unspecified atom stereocenters. The highest BCUT2D eigenvalue weighted by Crippen LogP contribution is 2.13. The topological polar surface area (TPSA) is 20.3 Å². The lowest BCUT2D eigenvalue weighted by atomic mass is 10.2. The Bertz CT molecular complexity index is 460. The van der Waals surface area contributed by atoms with Crippen molar-refractivity contribution in [2.45, 2.75) is 0 Å². The Morgan fingerprint density at radius 1 is 1.29 bits per heavy atom. The number of rotatable bonds is 4. The molecule has 0 aromatic heterocycles. The van der Waals surface area contributed by atoms with E-state index in [0.717, 1.165) is 0 Å². The Balaban J connectivity index is 2.96. The number of carbonyl (C=O) groups is 1. The maximum Gasteiger partial charge on any atom is 0.258 e. The van der Waals surface area contributed by atoms with Gasteiger partial charge in [-0.1, -0.05) is 30.8 Å². The van der Waals surface area contributed by atoms with E-state index in [1.54, 1.807) is 49.5 Å². The summed E-state index contributed by atoms with van der Waals surface area (Å²) in [7, 11) is 1.69. The minimum absolute atomic E-state index is 0.116. The Labute approximate surface area is 107 Å². The van der Waals surface area contributed by atoms with E-state index in [1.165, 1.54) is 4.90 Å². The third kappa shape index (κ3) is 3.33. The number of carbonyl (C=O) groups excluding carboxylic acids is 1. The first kappa shape index (κ1) is 13.3. The number of likely N-dealkylation sites (N-methyl/N-ethyl adjacent to an activating group) is 1. The van der Waals surface area contributed by atoms with E-state index in [1.807, 2.05) is 0 Å². The average Bonchev–Trinajstić information content (AvgIpc) is 2.35. The number of benzene rings is 1. The number of amides is 1. The third-order valence-corrected chi connectivity index (χ3v) is 2.53. The first-order valence-corrected chi connectivity index (χ1v) is 5.46. The molecule has 1 amide bonds. The van der Waals surface area contributed by atoms with Gasteiger partial charge < -0.3 is 4.90 Å². The smallest absolute Gasteiger partial charge is 0.258 e. The van der Waals surface area contributed by atoms with Crippen molar-refractivity contribution in [3.05, 3.63) is 71.9 Å². The Kier molecular flexibility index (Phi) is 4.73. The van der Waals surface area contributed by atoms with Gasteiger partial charge in [0.15, 0.2) is 0 Å². The fourth-order valence-electron chi connectivity index (χ4n) is 1.34. The summed E-state index contributed by atoms with van der Waals surface area (Å²) in [4.78, 5) is 13.6. The first-order chi connectivity index (χ1) is 8.10. The second-order valence-electron chi connectivity index (χ2n) is 3.40. The van der Waals surface area contributed by atoms with Crippen LogP contribution in [0.1, 0.15) is 10.4 Å². The molecule has 0 spiro atoms. The Morgan fingerprint density at radius 3 is 2.35 bits per heavy atom. The summed E-state index contributed by atoms with van der Waals surface area (Å²) in [6.07, 6.45) is 4.94. The second-order valence-corrected chi connectivity index (χ2v) is 3.84. The van der Waals surface area contributed by atoms with Gasteiger partial charge in [0.2, 0.25) is 0 Å². The van der Waals surface area contributed by atoms with E-state index >= 15 is 0 Å². The number of halogens is 1. The fourth-order valence-corrected chi connectivity index (χ4v) is 1.47. The van der Waals surface area contributed by atoms with Crippen LogP contribution in [0.5, 0.6) is 0 Å². The lowest BCUT2D eigenvalue weighted by Gasteiger charge is -2.18. The molecule has 3 heteroatoms. The highest BCUT2D eigenvalue weighted by Gasteiger charge is 2.12. The van der Waals surface area contributed by atoms with Gasteiger partial charge >= 0.3 is 0 Å². The monoisotopic (exact) mass is 247 g/mol. The maximum atomic E-state index is 12.1. The standard InChI is InChI=1S/C14H14ClNO/c1-4-6-13(5-2)16(3)14(17)11-7-9-12(15)10-8-11/h4-10H,1-2H2,3H3/b13-6+. The van der Waals surface area contributed by atoms with Crippen molar-refractivity contribution in [2.24, 2.45) is 0 Å². The molecule has 17 heavy (non-hydrogen) atoms. The second kappa shape index (κ2) is 6.06. The van der Waals surface area contributed by atoms with E-state index in [0.29, 0.717) is 16.3 Å². The van der Waals surface area contributed by atoms with Crippen molar-refractivity contribution < 1.29 is 4.79 Å². The largest absolute Gasteiger partial charge is 0.311 e. The molecular formula is C14H14ClNO. The molecular weight excluding hydrogens is 234 g/mol. The van der Waals surface area contributed by atoms with Crippen molar-refractivity contribution in [2.75, 3.05) is 7.05 Å². The molecule has 1 aromatic carbocycles. The van der Waals surface area contributed by atoms with Crippen LogP contribution in [-0.2, 0) is 0 Å². The zero-order valence-corrected chi connectivity index (χ0v) is 10.4. The van der Waals surface area contributed by atoms with Crippen molar-refractivity contribution in [1.29, 1.82) is 0 Å². The summed E-state index contributed by atoms with van der Waals surface area (Å²) in [5, 5.41) is 0.606. The Morgan fingerprint density at radius 2 is 1.88 bits per heavy atom. The fraction of sp³-hybridized carbons (Fsp3) is 0.0714. The molecule has 88 valence electrons. The van der Waals surface area contributed by atoms with E-state index in [4.69, 9.17) is 11.6 Å². The van der Waals surface area contributed by atoms with E-state index in [9.17, 15) is 4.79 Å². The number of allylic oxidation sites excluding steroid dienone is 3. The summed E-state index contributed by atoms with van der Waals surface area (Å²) in [6.45, 7) is 7.25. The van der Waals surface area contributed by atoms with Crippen LogP contribution in [0, 0.1) is 0 Å². The van der Waals surface area contributed by atoms with Crippen molar-refractivity contribution >= 4 is 17.5 Å². The van der Waals surface area contributed by atoms with E-state index in [-0.39, 0.29) is 5.91 Å². The minimum Gasteiger partial charge on any atom is -0.311 e. The molecule has 0 atom stereocenters. The summed E-state index contributed by atoms with van der Waals surface area (Å²) < 4.78 is 0. The first-order valence-electron chi connectivity index (χ1n) is 5.09. The molecule has 0 aliphatic rings. The quantitative estimate of drug-likeness (QED) is 0.744. The van der Waals surface area contributed by atoms with Gasteiger partial charge in [-0.25, -0.2) is 0 Å². The number of hydrogen-bond donors (Lipinski definition) is 0. The van der Waals surface area contributed by atoms with Gasteiger partial charge in [0.05, 0.1) is 0 Å². The van der Waals surface area contributed by atoms with Gasteiger partial charge in [0.1, 0.15) is 0 Å². The van der Waals surface area contributed by atoms with Gasteiger partial charge in [-0.05, 0) is 36.4 Å². The highest BCUT2D eigenvalue weighted by atomic mass is 35.5. The molecule has 0 aliphatic heterocycles. The van der Waals surface area contributed by atoms with Crippen LogP contribution in [0.15, 0.2) is 61.3 Å². The van der Waals surface area contributed by atoms with Crippen LogP contribution in [-0.4, -0.2) is 17.9 Å². The lowest BCUT2D eigenvalue weighted by Crippen LogP contribution is -2.25. The molecule has 0 heterocycles. The maximum absolute atomic E-state index is 12.1. The number of nitrogens with zero attached hydrogens (tertiary/aromatic N) is 1. The van der Waals surface area contributed by atoms with Crippen LogP contribution in [0.25, 0.3) is 0 Å². The summed E-state index contributed by atoms with van der Waals surface area (Å²) >= 11 is 5.77. The minimum atomic E-state index is -0.116. The average molecular weight is 248 g/mol. The van der Waals surface area contributed by atoms with E-state index in [2.05, 4.69) is 13.2 Å². The van der Waals surface area contributed by atoms with Crippen LogP contribution in [0.3, 0.4) is 0 Å². The third-order valence-electron chi connectivity index (χ3n) is 2.28. The van der Waals surface area contributed by atoms with Crippen LogP contribution < -0.4 is 0 Å². The number of hydrogen-bond acceptors (Lipinski definition) is 1. The van der Waals surface area contributed by atoms with Crippen molar-refractivity contribution in [1.82, 2.24) is 4.90 Å². The van der Waals surface area contributed by atoms with Gasteiger partial charge in [0, 0.05) is 23.3 Å². The predicted molar refractivity (Wildman–Crippen MR) is 72.0 cm³/mol. The van der Waals surface area contributed by atoms with Gasteiger partial charge in [-0.15, -0.1) is 0 Å². The molecule has 0 saturated heterocycles. The van der Waals surface area contributed by atoms with Gasteiger partial charge in [0.25, 0.3) is 5.91 Å². The summed E-state index contributed by atoms with van der Waals surface area (Å²) in [6, 6.07) is 6.76. The van der Waals surface area contributed by atoms with Crippen LogP contribution in [0.4, 0.5) is 0 Å². The Hall–Kier alpha value is -1.80. The van der Waals surface area contributed by atoms with Crippen molar-refractivity contribution in [3.8, 4) is 0 Å². The normalized spacial score (nSPS) is 10.8. The van der Waals surface area contributed by atoms with Crippen LogP contribution >= 0.6 is 11.6 Å². The molecule has 0 bridgehead atoms. The van der Waals surface area contributed by atoms with Gasteiger partial charge in [-0.3, -0.25) is 4.79 Å². The summed E-state index contributed by atoms with van der Waals surface area (Å²) in [5.74, 6) is -0.116. The molecule has 2 nitrogen and oxygen atoms in total. The highest BCUT2D eigenvalue weighted by molar-refractivity contribution is 6.30. The SMILES string of the molecule is C=C/C=C(\C=C)N(C)C(=O)c1ccc(Cl)cc1. The lowest BCUT2D eigenvalue weighted by molar-refractivity contribution is 0.0840. The molecule has 0 saturated carbocycles. The zero-order chi connectivity index (χ0) is 12.8.